The molecule has 16 nitrogen and oxygen atoms in total. The lowest BCUT2D eigenvalue weighted by atomic mass is 9.78. The molecule has 2 saturated heterocycles. The molecule has 0 radical (unpaired) electrons. The molecule has 2 bridgehead atoms. The third-order valence-electron chi connectivity index (χ3n) is 15.8. The lowest BCUT2D eigenvalue weighted by Gasteiger charge is -2.42. The fraction of sp³-hybridized carbons (Fsp3) is 0.672. The van der Waals surface area contributed by atoms with Crippen LogP contribution in [0.25, 0.3) is 0 Å². The smallest absolute Gasteiger partial charge is 0.373 e. The number of ketones is 3. The molecule has 16 heteroatoms. The van der Waals surface area contributed by atoms with E-state index in [1.807, 2.05) is 76.3 Å². The van der Waals surface area contributed by atoms with E-state index in [1.165, 1.54) is 12.0 Å². The first-order chi connectivity index (χ1) is 35.2. The van der Waals surface area contributed by atoms with E-state index in [1.54, 1.807) is 58.0 Å². The van der Waals surface area contributed by atoms with Crippen LogP contribution in [0.4, 0.5) is 0 Å². The predicted octanol–water partition coefficient (Wildman–Crippen LogP) is 6.72. The molecule has 15 atom stereocenters. The number of rotatable bonds is 9. The first-order valence-electron chi connectivity index (χ1n) is 26.8. The maximum atomic E-state index is 14.6. The number of aromatic nitrogens is 1. The van der Waals surface area contributed by atoms with Crippen LogP contribution >= 0.6 is 0 Å². The monoisotopic (exact) mass is 1030 g/mol. The van der Waals surface area contributed by atoms with Crippen LogP contribution < -0.4 is 4.57 Å². The third kappa shape index (κ3) is 16.2. The van der Waals surface area contributed by atoms with Gasteiger partial charge in [-0.1, -0.05) is 77.1 Å². The number of aliphatic hydroxyl groups excluding tert-OH is 1. The molecule has 0 unspecified atom stereocenters. The molecular weight excluding hydrogens is 949 g/mol. The summed E-state index contributed by atoms with van der Waals surface area (Å²) in [6.45, 7) is 12.8. The summed E-state index contributed by atoms with van der Waals surface area (Å²) in [7, 11) is 4.53. The number of fused-ring (bicyclic) bond motifs is 3. The van der Waals surface area contributed by atoms with E-state index < -0.39 is 95.9 Å². The topological polar surface area (TPSA) is 205 Å². The Balaban J connectivity index is 1.43. The van der Waals surface area contributed by atoms with Crippen LogP contribution in [0.15, 0.2) is 78.2 Å². The highest BCUT2D eigenvalue weighted by Gasteiger charge is 2.53. The van der Waals surface area contributed by atoms with Gasteiger partial charge in [0.05, 0.1) is 18.3 Å². The van der Waals surface area contributed by atoms with Crippen LogP contribution in [0.2, 0.25) is 0 Å². The second kappa shape index (κ2) is 28.4. The lowest BCUT2D eigenvalue weighted by molar-refractivity contribution is -0.686. The summed E-state index contributed by atoms with van der Waals surface area (Å²) in [6.07, 6.45) is 14.4. The highest BCUT2D eigenvalue weighted by molar-refractivity contribution is 6.39. The number of cyclic esters (lactones) is 1. The largest absolute Gasteiger partial charge is 0.460 e. The number of methoxy groups -OCH3 is 3. The Morgan fingerprint density at radius 1 is 0.851 bits per heavy atom. The summed E-state index contributed by atoms with van der Waals surface area (Å²) in [5.41, 5.74) is 1.24. The number of aliphatic hydroxyl groups is 2. The van der Waals surface area contributed by atoms with Gasteiger partial charge in [-0.3, -0.25) is 19.2 Å². The number of hydrogen-bond donors (Lipinski definition) is 2. The van der Waals surface area contributed by atoms with Gasteiger partial charge in [0.25, 0.3) is 11.7 Å². The number of hydrogen-bond acceptors (Lipinski definition) is 14. The Hall–Kier alpha value is -4.71. The van der Waals surface area contributed by atoms with E-state index in [-0.39, 0.29) is 55.3 Å². The van der Waals surface area contributed by atoms with Crippen LogP contribution in [0.1, 0.15) is 126 Å². The third-order valence-corrected chi connectivity index (χ3v) is 15.8. The zero-order valence-corrected chi connectivity index (χ0v) is 45.5. The van der Waals surface area contributed by atoms with E-state index in [4.69, 9.17) is 28.4 Å². The molecule has 1 aromatic heterocycles. The van der Waals surface area contributed by atoms with Gasteiger partial charge in [-0.2, -0.15) is 4.57 Å². The number of pyridine rings is 1. The number of piperidine rings is 1. The van der Waals surface area contributed by atoms with E-state index >= 15 is 0 Å². The minimum Gasteiger partial charge on any atom is -0.460 e. The van der Waals surface area contributed by atoms with Crippen LogP contribution in [-0.4, -0.2) is 133 Å². The molecule has 3 fully saturated rings. The summed E-state index contributed by atoms with van der Waals surface area (Å²) in [6, 6.07) is 4.36. The predicted molar refractivity (Wildman–Crippen MR) is 276 cm³/mol. The Kier molecular flexibility index (Phi) is 23.1. The molecule has 2 N–H and O–H groups in total. The van der Waals surface area contributed by atoms with E-state index in [9.17, 15) is 39.0 Å². The van der Waals surface area contributed by atoms with Gasteiger partial charge in [-0.05, 0) is 107 Å². The number of esters is 2. The standard InChI is InChI=1S/C58H85N2O14/c1-36-19-13-11-14-20-37(2)48(69-8)33-44-24-22-42(7)58(68,74-44)55(65)56(66)60-28-18-15-21-45(60)57(67)73-49(34-46(61)38(3)30-41(6)53(64)54(71-10)52(63)40(5)29-36)39(4)31-43-23-25-47(50(32-43)70-9)72-51(62)35-59-26-16-12-17-27-59/h11-14,16-17,19-20,26-27,30,36,38-40,42-45,47-50,53-54,64,68H,15,18,21-25,28-29,31-35H2,1-10H3/q+1/b14-11?,19-13+,37-20?,41-30+/t36-,38-,39-,40-,42-,43+,44+,45+,47-,48+,49+,50-,53-,54+,58-/m1/s1. The van der Waals surface area contributed by atoms with Crippen molar-refractivity contribution >= 4 is 35.2 Å². The van der Waals surface area contributed by atoms with Gasteiger partial charge >= 0.3 is 11.9 Å². The lowest BCUT2D eigenvalue weighted by Crippen LogP contribution is -2.61. The van der Waals surface area contributed by atoms with Crippen molar-refractivity contribution in [2.75, 3.05) is 27.9 Å². The average Bonchev–Trinajstić information content (AvgIpc) is 3.38. The van der Waals surface area contributed by atoms with E-state index in [0.29, 0.717) is 69.8 Å². The van der Waals surface area contributed by atoms with E-state index in [2.05, 4.69) is 0 Å². The fourth-order valence-electron chi connectivity index (χ4n) is 11.1. The van der Waals surface area contributed by atoms with Crippen molar-refractivity contribution in [2.45, 2.75) is 187 Å². The van der Waals surface area contributed by atoms with Crippen molar-refractivity contribution in [1.82, 2.24) is 4.90 Å². The number of amides is 1. The maximum absolute atomic E-state index is 14.6. The SMILES string of the molecule is CO[C@H]1C[C@@H]2CC[C@@H](C)[C@@](O)(O2)C(=O)C(=O)N2CCCC[C@H]2C(=O)O[C@H]([C@H](C)C[C@@H]2CC[C@@H](OC(=O)C[n+]3ccccc3)[C@H](OC)C2)CC(=O)[C@H](C)/C=C(\C)[C@@H](O)[C@@H](OC)C(=O)[C@H](C)C[C@H](C)/C=C/C=CC=C1C. The Morgan fingerprint density at radius 3 is 2.27 bits per heavy atom. The zero-order valence-electron chi connectivity index (χ0n) is 45.5. The van der Waals surface area contributed by atoms with Gasteiger partial charge in [0.1, 0.15) is 36.2 Å². The molecule has 74 heavy (non-hydrogen) atoms. The fourth-order valence-corrected chi connectivity index (χ4v) is 11.1. The minimum absolute atomic E-state index is 0.00490. The van der Waals surface area contributed by atoms with Crippen molar-refractivity contribution in [3.05, 3.63) is 78.2 Å². The van der Waals surface area contributed by atoms with Gasteiger partial charge in [0, 0.05) is 70.6 Å². The van der Waals surface area contributed by atoms with Crippen molar-refractivity contribution < 1.29 is 72.0 Å². The van der Waals surface area contributed by atoms with Gasteiger partial charge in [-0.15, -0.1) is 0 Å². The quantitative estimate of drug-likeness (QED) is 0.114. The molecule has 4 heterocycles. The second-order valence-corrected chi connectivity index (χ2v) is 21.6. The van der Waals surface area contributed by atoms with Crippen LogP contribution in [0.5, 0.6) is 0 Å². The molecule has 4 aliphatic rings. The van der Waals surface area contributed by atoms with Gasteiger partial charge in [0.2, 0.25) is 12.3 Å². The molecular formula is C58H85N2O14+. The number of carbonyl (C=O) groups is 6. The molecule has 3 aliphatic heterocycles. The number of carbonyl (C=O) groups excluding carboxylic acids is 6. The number of Topliss-reactive ketones (excluding diaryl/α,β-unsaturated/α-hetero) is 3. The number of nitrogens with zero attached hydrogens (tertiary/aromatic N) is 2. The van der Waals surface area contributed by atoms with E-state index in [0.717, 1.165) is 5.57 Å². The molecule has 1 amide bonds. The highest BCUT2D eigenvalue weighted by Crippen LogP contribution is 2.38. The molecule has 0 spiro atoms. The summed E-state index contributed by atoms with van der Waals surface area (Å²) < 4.78 is 37.5. The van der Waals surface area contributed by atoms with Crippen molar-refractivity contribution in [2.24, 2.45) is 35.5 Å². The van der Waals surface area contributed by atoms with Crippen LogP contribution in [0, 0.1) is 35.5 Å². The first-order valence-corrected chi connectivity index (χ1v) is 26.8. The number of allylic oxidation sites excluding steroid dienone is 6. The van der Waals surface area contributed by atoms with Crippen LogP contribution in [-0.2, 0) is 63.7 Å². The minimum atomic E-state index is -2.45. The molecule has 0 aromatic carbocycles. The normalized spacial score (nSPS) is 35.6. The Labute approximate surface area is 438 Å². The number of ether oxygens (including phenoxy) is 6. The summed E-state index contributed by atoms with van der Waals surface area (Å²) in [5, 5.41) is 23.6. The molecule has 5 rings (SSSR count). The average molecular weight is 1030 g/mol. The summed E-state index contributed by atoms with van der Waals surface area (Å²) >= 11 is 0. The van der Waals surface area contributed by atoms with Crippen molar-refractivity contribution in [3.8, 4) is 0 Å². The van der Waals surface area contributed by atoms with Crippen molar-refractivity contribution in [1.29, 1.82) is 0 Å². The molecule has 1 aliphatic carbocycles. The Bertz CT molecular complexity index is 2190. The van der Waals surface area contributed by atoms with Gasteiger partial charge in [0.15, 0.2) is 18.2 Å². The van der Waals surface area contributed by atoms with Crippen molar-refractivity contribution in [3.63, 3.8) is 0 Å². The maximum Gasteiger partial charge on any atom is 0.373 e. The zero-order chi connectivity index (χ0) is 54.3. The highest BCUT2D eigenvalue weighted by atomic mass is 16.6. The summed E-state index contributed by atoms with van der Waals surface area (Å²) in [5.74, 6) is -8.66. The summed E-state index contributed by atoms with van der Waals surface area (Å²) in [4.78, 5) is 85.5. The van der Waals surface area contributed by atoms with Crippen LogP contribution in [0.3, 0.4) is 0 Å². The second-order valence-electron chi connectivity index (χ2n) is 21.6. The van der Waals surface area contributed by atoms with Gasteiger partial charge < -0.3 is 43.5 Å². The molecule has 410 valence electrons. The molecule has 1 saturated carbocycles. The van der Waals surface area contributed by atoms with Gasteiger partial charge in [-0.25, -0.2) is 9.59 Å². The first kappa shape index (κ1) is 60.2. The molecule has 1 aromatic rings. The Morgan fingerprint density at radius 2 is 1.58 bits per heavy atom.